The van der Waals surface area contributed by atoms with E-state index in [9.17, 15) is 10.2 Å². The fourth-order valence-corrected chi connectivity index (χ4v) is 11.6. The van der Waals surface area contributed by atoms with Crippen molar-refractivity contribution in [2.24, 2.45) is 34.5 Å². The van der Waals surface area contributed by atoms with Crippen molar-refractivity contribution >= 4 is 0 Å². The number of hydrogen-bond donors (Lipinski definition) is 2. The Morgan fingerprint density at radius 2 is 1.26 bits per heavy atom. The van der Waals surface area contributed by atoms with E-state index in [4.69, 9.17) is 0 Å². The summed E-state index contributed by atoms with van der Waals surface area (Å²) in [6.07, 6.45) is 16.6. The summed E-state index contributed by atoms with van der Waals surface area (Å²) < 4.78 is 2.26. The molecule has 0 aromatic rings. The van der Waals surface area contributed by atoms with Crippen LogP contribution in [-0.2, 0) is 0 Å². The molecular weight excluding hydrogens is 432 g/mol. The third kappa shape index (κ3) is 3.73. The van der Waals surface area contributed by atoms with Crippen LogP contribution in [0.5, 0.6) is 0 Å². The molecule has 6 rings (SSSR count). The fourth-order valence-electron chi connectivity index (χ4n) is 11.6. The second-order valence-corrected chi connectivity index (χ2v) is 15.5. The zero-order valence-electron chi connectivity index (χ0n) is 23.4. The molecule has 200 valence electrons. The molecule has 0 aromatic heterocycles. The number of fused-ring (bicyclic) bond motifs is 5. The number of aliphatic hydroxyl groups is 2. The van der Waals surface area contributed by atoms with Crippen molar-refractivity contribution in [3.8, 4) is 0 Å². The van der Waals surface area contributed by atoms with Gasteiger partial charge in [0.2, 0.25) is 0 Å². The molecule has 35 heavy (non-hydrogen) atoms. The van der Waals surface area contributed by atoms with Gasteiger partial charge in [-0.05, 0) is 99.7 Å². The standard InChI is InChI=1S/C31H56N2O2/c1-30-14-13-24-23(25(30)20-26(29(30)35)32(3)15-7-5-8-16-32)12-11-22-19-28(34)27(21-31(22,24)2)33(4)17-9-6-10-18-33/h22-29,34-35H,5-21H2,1-4H3/q+2/t22-,23+,24-,25-,26-,27-,28-,29-,30-,31-/m0/s1. The van der Waals surface area contributed by atoms with Crippen LogP contribution in [0.3, 0.4) is 0 Å². The Hall–Kier alpha value is -0.160. The van der Waals surface area contributed by atoms with E-state index in [-0.39, 0.29) is 17.6 Å². The summed E-state index contributed by atoms with van der Waals surface area (Å²) in [6, 6.07) is 0.886. The van der Waals surface area contributed by atoms with Gasteiger partial charge < -0.3 is 19.2 Å². The topological polar surface area (TPSA) is 40.5 Å². The summed E-state index contributed by atoms with van der Waals surface area (Å²) in [7, 11) is 4.94. The molecule has 0 unspecified atom stereocenters. The van der Waals surface area contributed by atoms with Crippen molar-refractivity contribution in [1.29, 1.82) is 0 Å². The first-order valence-corrected chi connectivity index (χ1v) is 15.7. The summed E-state index contributed by atoms with van der Waals surface area (Å²) in [5.41, 5.74) is 0.492. The number of piperidine rings is 2. The number of quaternary nitrogens is 2. The van der Waals surface area contributed by atoms with Crippen LogP contribution in [0.4, 0.5) is 0 Å². The van der Waals surface area contributed by atoms with Crippen LogP contribution in [-0.4, -0.2) is 83.7 Å². The zero-order valence-corrected chi connectivity index (χ0v) is 23.4. The smallest absolute Gasteiger partial charge is 0.116 e. The van der Waals surface area contributed by atoms with Crippen LogP contribution in [0.1, 0.15) is 97.3 Å². The van der Waals surface area contributed by atoms with Crippen molar-refractivity contribution in [2.45, 2.75) is 122 Å². The van der Waals surface area contributed by atoms with Gasteiger partial charge in [0, 0.05) is 18.3 Å². The molecule has 4 aliphatic carbocycles. The molecule has 2 saturated heterocycles. The Morgan fingerprint density at radius 1 is 0.657 bits per heavy atom. The lowest BCUT2D eigenvalue weighted by Crippen LogP contribution is -2.66. The monoisotopic (exact) mass is 488 g/mol. The van der Waals surface area contributed by atoms with Gasteiger partial charge in [-0.15, -0.1) is 0 Å². The minimum absolute atomic E-state index is 0.109. The fraction of sp³-hybridized carbons (Fsp3) is 1.00. The van der Waals surface area contributed by atoms with Gasteiger partial charge in [0.1, 0.15) is 24.3 Å². The van der Waals surface area contributed by atoms with Gasteiger partial charge >= 0.3 is 0 Å². The Kier molecular flexibility index (Phi) is 6.23. The number of rotatable bonds is 2. The molecule has 6 fully saturated rings. The highest BCUT2D eigenvalue weighted by molar-refractivity contribution is 5.12. The molecule has 2 N–H and O–H groups in total. The Labute approximate surface area is 215 Å². The van der Waals surface area contributed by atoms with E-state index in [0.717, 1.165) is 27.2 Å². The van der Waals surface area contributed by atoms with E-state index in [1.54, 1.807) is 0 Å². The van der Waals surface area contributed by atoms with Crippen LogP contribution in [0.2, 0.25) is 0 Å². The SMILES string of the molecule is C[C@]12C[C@H]([N+]3(C)CCCCC3)[C@@H](O)C[C@@H]1CC[C@@H]1[C@@H]2CC[C@]2(C)[C@@H](O)[C@@H]([N+]3(C)CCCCC3)C[C@@H]12. The molecule has 2 aliphatic heterocycles. The highest BCUT2D eigenvalue weighted by atomic mass is 16.3. The Balaban J connectivity index is 1.27. The number of nitrogens with zero attached hydrogens (tertiary/aromatic N) is 2. The average Bonchev–Trinajstić information content (AvgIpc) is 3.12. The van der Waals surface area contributed by atoms with E-state index in [1.165, 1.54) is 103 Å². The van der Waals surface area contributed by atoms with E-state index in [2.05, 4.69) is 27.9 Å². The first-order chi connectivity index (χ1) is 16.6. The summed E-state index contributed by atoms with van der Waals surface area (Å²) in [4.78, 5) is 0. The summed E-state index contributed by atoms with van der Waals surface area (Å²) >= 11 is 0. The van der Waals surface area contributed by atoms with Crippen LogP contribution in [0.15, 0.2) is 0 Å². The summed E-state index contributed by atoms with van der Waals surface area (Å²) in [5.74, 6) is 2.97. The molecule has 0 bridgehead atoms. The average molecular weight is 489 g/mol. The third-order valence-corrected chi connectivity index (χ3v) is 13.9. The summed E-state index contributed by atoms with van der Waals surface area (Å²) in [5, 5.41) is 23.3. The van der Waals surface area contributed by atoms with Gasteiger partial charge in [-0.1, -0.05) is 13.8 Å². The molecule has 4 saturated carbocycles. The van der Waals surface area contributed by atoms with E-state index in [0.29, 0.717) is 29.3 Å². The highest BCUT2D eigenvalue weighted by Gasteiger charge is 2.66. The number of hydrogen-bond acceptors (Lipinski definition) is 2. The maximum Gasteiger partial charge on any atom is 0.116 e. The second-order valence-electron chi connectivity index (χ2n) is 15.5. The van der Waals surface area contributed by atoms with Gasteiger partial charge in [-0.25, -0.2) is 0 Å². The Morgan fingerprint density at radius 3 is 1.89 bits per heavy atom. The van der Waals surface area contributed by atoms with Gasteiger partial charge in [-0.2, -0.15) is 0 Å². The van der Waals surface area contributed by atoms with Crippen LogP contribution < -0.4 is 0 Å². The van der Waals surface area contributed by atoms with Crippen molar-refractivity contribution in [1.82, 2.24) is 0 Å². The van der Waals surface area contributed by atoms with E-state index >= 15 is 0 Å². The molecule has 0 amide bonds. The maximum absolute atomic E-state index is 11.9. The molecule has 6 aliphatic rings. The molecule has 2 heterocycles. The van der Waals surface area contributed by atoms with Gasteiger partial charge in [0.25, 0.3) is 0 Å². The van der Waals surface area contributed by atoms with Crippen molar-refractivity contribution in [3.05, 3.63) is 0 Å². The lowest BCUT2D eigenvalue weighted by Gasteiger charge is -2.63. The lowest BCUT2D eigenvalue weighted by molar-refractivity contribution is -0.943. The van der Waals surface area contributed by atoms with Gasteiger partial charge in [0.05, 0.1) is 40.3 Å². The van der Waals surface area contributed by atoms with Crippen molar-refractivity contribution < 1.29 is 19.2 Å². The molecular formula is C31H56N2O2+2. The maximum atomic E-state index is 11.9. The Bertz CT molecular complexity index is 789. The van der Waals surface area contributed by atoms with Crippen molar-refractivity contribution in [2.75, 3.05) is 40.3 Å². The molecule has 4 heteroatoms. The van der Waals surface area contributed by atoms with Crippen LogP contribution in [0, 0.1) is 34.5 Å². The minimum Gasteiger partial charge on any atom is -0.387 e. The first-order valence-electron chi connectivity index (χ1n) is 15.7. The third-order valence-electron chi connectivity index (χ3n) is 13.9. The summed E-state index contributed by atoms with van der Waals surface area (Å²) in [6.45, 7) is 10.2. The molecule has 0 radical (unpaired) electrons. The van der Waals surface area contributed by atoms with E-state index in [1.807, 2.05) is 0 Å². The largest absolute Gasteiger partial charge is 0.387 e. The quantitative estimate of drug-likeness (QED) is 0.539. The van der Waals surface area contributed by atoms with E-state index < -0.39 is 0 Å². The molecule has 4 nitrogen and oxygen atoms in total. The minimum atomic E-state index is -0.124. The van der Waals surface area contributed by atoms with Crippen LogP contribution >= 0.6 is 0 Å². The number of likely N-dealkylation sites (N-methyl/N-ethyl adjacent to an activating group) is 2. The molecule has 10 atom stereocenters. The predicted octanol–water partition coefficient (Wildman–Crippen LogP) is 4.97. The van der Waals surface area contributed by atoms with Gasteiger partial charge in [-0.3, -0.25) is 0 Å². The van der Waals surface area contributed by atoms with Gasteiger partial charge in [0.15, 0.2) is 0 Å². The number of aliphatic hydroxyl groups excluding tert-OH is 2. The second kappa shape index (κ2) is 8.68. The zero-order chi connectivity index (χ0) is 24.6. The normalized spacial score (nSPS) is 53.3. The number of likely N-dealkylation sites (tertiary alicyclic amines) is 2. The van der Waals surface area contributed by atoms with Crippen LogP contribution in [0.25, 0.3) is 0 Å². The van der Waals surface area contributed by atoms with Crippen molar-refractivity contribution in [3.63, 3.8) is 0 Å². The molecule has 0 aromatic carbocycles. The lowest BCUT2D eigenvalue weighted by atomic mass is 9.44. The highest BCUT2D eigenvalue weighted by Crippen LogP contribution is 2.67. The first kappa shape index (κ1) is 25.1. The predicted molar refractivity (Wildman–Crippen MR) is 142 cm³/mol. The molecule has 0 spiro atoms.